The van der Waals surface area contributed by atoms with E-state index in [1.54, 1.807) is 19.2 Å². The number of hydrogen-bond donors (Lipinski definition) is 0. The molecule has 1 aromatic heterocycles. The molecule has 1 amide bonds. The number of oxime groups is 1. The van der Waals surface area contributed by atoms with Crippen molar-refractivity contribution in [2.24, 2.45) is 5.16 Å². The van der Waals surface area contributed by atoms with Gasteiger partial charge in [-0.25, -0.2) is 4.39 Å². The Morgan fingerprint density at radius 1 is 1.14 bits per heavy atom. The molecule has 1 atom stereocenters. The highest BCUT2D eigenvalue weighted by Crippen LogP contribution is 2.20. The summed E-state index contributed by atoms with van der Waals surface area (Å²) in [6, 6.07) is 15.6. The number of benzene rings is 2. The van der Waals surface area contributed by atoms with Gasteiger partial charge in [0.15, 0.2) is 0 Å². The van der Waals surface area contributed by atoms with Gasteiger partial charge in [-0.05, 0) is 29.8 Å². The summed E-state index contributed by atoms with van der Waals surface area (Å²) in [5, 5.41) is 12.0. The van der Waals surface area contributed by atoms with Crippen molar-refractivity contribution in [3.63, 3.8) is 0 Å². The second kappa shape index (κ2) is 8.22. The van der Waals surface area contributed by atoms with Crippen LogP contribution < -0.4 is 0 Å². The predicted octanol–water partition coefficient (Wildman–Crippen LogP) is 3.22. The molecule has 0 saturated carbocycles. The minimum atomic E-state index is -0.688. The number of amides is 1. The summed E-state index contributed by atoms with van der Waals surface area (Å²) in [6.45, 7) is 0.172. The molecular formula is C21H19FN4O3. The van der Waals surface area contributed by atoms with Gasteiger partial charge in [-0.1, -0.05) is 35.5 Å². The Hall–Kier alpha value is -3.55. The molecule has 1 aliphatic heterocycles. The number of rotatable bonds is 6. The van der Waals surface area contributed by atoms with Crippen LogP contribution in [0.5, 0.6) is 0 Å². The fourth-order valence-electron chi connectivity index (χ4n) is 3.04. The summed E-state index contributed by atoms with van der Waals surface area (Å²) < 4.78 is 18.7. The quantitative estimate of drug-likeness (QED) is 0.641. The summed E-state index contributed by atoms with van der Waals surface area (Å²) >= 11 is 0. The number of nitrogens with zero attached hydrogens (tertiary/aromatic N) is 4. The van der Waals surface area contributed by atoms with Gasteiger partial charge in [-0.3, -0.25) is 4.79 Å². The Labute approximate surface area is 166 Å². The fourth-order valence-corrected chi connectivity index (χ4v) is 3.04. The molecule has 0 bridgehead atoms. The summed E-state index contributed by atoms with van der Waals surface area (Å²) in [6.07, 6.45) is 0.212. The molecule has 29 heavy (non-hydrogen) atoms. The number of hydrogen-bond acceptors (Lipinski definition) is 6. The molecule has 3 aromatic rings. The summed E-state index contributed by atoms with van der Waals surface area (Å²) in [5.74, 6) is 0.237. The van der Waals surface area contributed by atoms with Crippen molar-refractivity contribution in [1.29, 1.82) is 0 Å². The molecule has 2 heterocycles. The zero-order chi connectivity index (χ0) is 20.2. The number of likely N-dealkylation sites (N-methyl/N-ethyl adjacent to an activating group) is 1. The lowest BCUT2D eigenvalue weighted by Gasteiger charge is -2.17. The Morgan fingerprint density at radius 2 is 1.90 bits per heavy atom. The van der Waals surface area contributed by atoms with E-state index in [-0.39, 0.29) is 18.3 Å². The van der Waals surface area contributed by atoms with Crippen LogP contribution in [0.15, 0.2) is 64.2 Å². The third-order valence-electron chi connectivity index (χ3n) is 4.56. The lowest BCUT2D eigenvalue weighted by atomic mass is 10.0. The third-order valence-corrected chi connectivity index (χ3v) is 4.56. The van der Waals surface area contributed by atoms with E-state index >= 15 is 0 Å². The largest absolute Gasteiger partial charge is 0.419 e. The Kier molecular flexibility index (Phi) is 5.33. The molecule has 7 nitrogen and oxygen atoms in total. The van der Waals surface area contributed by atoms with Crippen LogP contribution in [-0.4, -0.2) is 39.9 Å². The van der Waals surface area contributed by atoms with Crippen molar-refractivity contribution in [1.82, 2.24) is 15.1 Å². The van der Waals surface area contributed by atoms with E-state index in [4.69, 9.17) is 9.25 Å². The predicted molar refractivity (Wildman–Crippen MR) is 103 cm³/mol. The molecule has 148 valence electrons. The van der Waals surface area contributed by atoms with E-state index in [0.717, 1.165) is 16.8 Å². The zero-order valence-corrected chi connectivity index (χ0v) is 15.8. The van der Waals surface area contributed by atoms with Gasteiger partial charge in [0.2, 0.25) is 17.9 Å². The Morgan fingerprint density at radius 3 is 2.66 bits per heavy atom. The number of aromatic nitrogens is 2. The molecule has 4 rings (SSSR count). The van der Waals surface area contributed by atoms with Gasteiger partial charge in [0.1, 0.15) is 5.82 Å². The number of carbonyl (C=O) groups excluding carboxylic acids is 1. The van der Waals surface area contributed by atoms with Crippen LogP contribution in [-0.2, 0) is 22.6 Å². The van der Waals surface area contributed by atoms with Gasteiger partial charge in [-0.2, -0.15) is 0 Å². The Balaban J connectivity index is 1.32. The summed E-state index contributed by atoms with van der Waals surface area (Å²) in [5.41, 5.74) is 2.47. The highest BCUT2D eigenvalue weighted by molar-refractivity contribution is 5.93. The fraction of sp³-hybridized carbons (Fsp3) is 0.238. The van der Waals surface area contributed by atoms with Crippen molar-refractivity contribution >= 4 is 11.6 Å². The van der Waals surface area contributed by atoms with Crippen LogP contribution in [0.4, 0.5) is 4.39 Å². The number of carbonyl (C=O) groups is 1. The maximum absolute atomic E-state index is 13.0. The van der Waals surface area contributed by atoms with Crippen molar-refractivity contribution in [2.75, 3.05) is 7.05 Å². The van der Waals surface area contributed by atoms with Crippen molar-refractivity contribution in [3.05, 3.63) is 71.9 Å². The molecule has 0 fully saturated rings. The summed E-state index contributed by atoms with van der Waals surface area (Å²) in [7, 11) is 1.65. The van der Waals surface area contributed by atoms with Crippen LogP contribution in [0.25, 0.3) is 11.5 Å². The maximum Gasteiger partial charge on any atom is 0.267 e. The third kappa shape index (κ3) is 4.48. The molecule has 1 unspecified atom stereocenters. The molecule has 0 aliphatic carbocycles. The van der Waals surface area contributed by atoms with E-state index in [2.05, 4.69) is 15.4 Å². The zero-order valence-electron chi connectivity index (χ0n) is 15.8. The van der Waals surface area contributed by atoms with E-state index in [1.165, 1.54) is 17.0 Å². The first-order chi connectivity index (χ1) is 14.1. The molecule has 0 spiro atoms. The minimum absolute atomic E-state index is 0.172. The van der Waals surface area contributed by atoms with Crippen LogP contribution >= 0.6 is 0 Å². The van der Waals surface area contributed by atoms with Crippen molar-refractivity contribution < 1.29 is 18.4 Å². The van der Waals surface area contributed by atoms with Crippen LogP contribution in [0.1, 0.15) is 17.9 Å². The molecule has 0 radical (unpaired) electrons. The van der Waals surface area contributed by atoms with Crippen LogP contribution in [0, 0.1) is 5.82 Å². The Bertz CT molecular complexity index is 1020. The summed E-state index contributed by atoms with van der Waals surface area (Å²) in [4.78, 5) is 19.4. The monoisotopic (exact) mass is 394 g/mol. The van der Waals surface area contributed by atoms with E-state index < -0.39 is 6.10 Å². The normalized spacial score (nSPS) is 15.7. The highest BCUT2D eigenvalue weighted by atomic mass is 19.1. The van der Waals surface area contributed by atoms with E-state index in [1.807, 2.05) is 30.3 Å². The first kappa shape index (κ1) is 18.8. The van der Waals surface area contributed by atoms with Crippen molar-refractivity contribution in [3.8, 4) is 11.5 Å². The maximum atomic E-state index is 13.0. The molecule has 8 heteroatoms. The van der Waals surface area contributed by atoms with E-state index in [9.17, 15) is 9.18 Å². The average molecular weight is 394 g/mol. The topological polar surface area (TPSA) is 80.8 Å². The van der Waals surface area contributed by atoms with Crippen LogP contribution in [0.2, 0.25) is 0 Å². The molecule has 0 N–H and O–H groups in total. The molecule has 0 saturated heterocycles. The highest BCUT2D eigenvalue weighted by Gasteiger charge is 2.31. The van der Waals surface area contributed by atoms with Gasteiger partial charge in [0, 0.05) is 25.5 Å². The van der Waals surface area contributed by atoms with Gasteiger partial charge in [-0.15, -0.1) is 10.2 Å². The van der Waals surface area contributed by atoms with Gasteiger partial charge < -0.3 is 14.2 Å². The first-order valence-corrected chi connectivity index (χ1v) is 9.17. The van der Waals surface area contributed by atoms with Crippen molar-refractivity contribution in [2.45, 2.75) is 25.5 Å². The van der Waals surface area contributed by atoms with Gasteiger partial charge >= 0.3 is 0 Å². The molecule has 2 aromatic carbocycles. The SMILES string of the molecule is CN(Cc1nnc(-c2ccccc2)o1)C(=O)C1CC(Cc2ccc(F)cc2)=NO1. The first-order valence-electron chi connectivity index (χ1n) is 9.17. The smallest absolute Gasteiger partial charge is 0.267 e. The average Bonchev–Trinajstić information content (AvgIpc) is 3.40. The minimum Gasteiger partial charge on any atom is -0.419 e. The molecular weight excluding hydrogens is 375 g/mol. The van der Waals surface area contributed by atoms with E-state index in [0.29, 0.717) is 24.6 Å². The standard InChI is InChI=1S/C21H19FN4O3/c1-26(13-19-23-24-20(28-19)15-5-3-2-4-6-15)21(27)18-12-17(25-29-18)11-14-7-9-16(22)10-8-14/h2-10,18H,11-13H2,1H3. The second-order valence-corrected chi connectivity index (χ2v) is 6.82. The van der Waals surface area contributed by atoms with Gasteiger partial charge in [0.25, 0.3) is 5.91 Å². The second-order valence-electron chi connectivity index (χ2n) is 6.82. The lowest BCUT2D eigenvalue weighted by Crippen LogP contribution is -2.36. The van der Waals surface area contributed by atoms with Gasteiger partial charge in [0.05, 0.1) is 12.3 Å². The van der Waals surface area contributed by atoms with Crippen LogP contribution in [0.3, 0.4) is 0 Å². The lowest BCUT2D eigenvalue weighted by molar-refractivity contribution is -0.141. The molecule has 1 aliphatic rings. The number of halogens is 1.